The van der Waals surface area contributed by atoms with Gasteiger partial charge in [-0.05, 0) is 30.7 Å². The highest BCUT2D eigenvalue weighted by atomic mass is 35.5. The minimum absolute atomic E-state index is 0.122. The summed E-state index contributed by atoms with van der Waals surface area (Å²) in [5.74, 6) is -0.122. The number of thiazole rings is 1. The van der Waals surface area contributed by atoms with Crippen molar-refractivity contribution in [2.24, 2.45) is 0 Å². The predicted molar refractivity (Wildman–Crippen MR) is 106 cm³/mol. The van der Waals surface area contributed by atoms with Gasteiger partial charge in [0.25, 0.3) is 5.91 Å². The van der Waals surface area contributed by atoms with Crippen molar-refractivity contribution in [1.29, 1.82) is 0 Å². The Morgan fingerprint density at radius 3 is 2.85 bits per heavy atom. The Morgan fingerprint density at radius 2 is 2.08 bits per heavy atom. The van der Waals surface area contributed by atoms with Crippen LogP contribution in [0.1, 0.15) is 27.5 Å². The van der Waals surface area contributed by atoms with Gasteiger partial charge in [-0.25, -0.2) is 4.98 Å². The minimum atomic E-state index is -0.122. The number of amides is 1. The van der Waals surface area contributed by atoms with Crippen LogP contribution in [0.2, 0.25) is 10.0 Å². The first-order valence-electron chi connectivity index (χ1n) is 8.58. The SMILES string of the molecule is O=C(NCCCN1CCOCC1)c1csc(Cc2ccc(Cl)c(Cl)c2)n1. The standard InChI is InChI=1S/C18H21Cl2N3O2S/c19-14-3-2-13(10-15(14)20)11-17-22-16(12-26-17)18(24)21-4-1-5-23-6-8-25-9-7-23/h2-3,10,12H,1,4-9,11H2,(H,21,24). The van der Waals surface area contributed by atoms with Crippen LogP contribution in [0.3, 0.4) is 0 Å². The molecule has 1 aromatic carbocycles. The Labute approximate surface area is 167 Å². The molecule has 1 aliphatic rings. The number of ether oxygens (including phenoxy) is 1. The van der Waals surface area contributed by atoms with Crippen molar-refractivity contribution >= 4 is 40.4 Å². The zero-order valence-corrected chi connectivity index (χ0v) is 16.7. The summed E-state index contributed by atoms with van der Waals surface area (Å²) in [5, 5.41) is 6.67. The average Bonchev–Trinajstić information content (AvgIpc) is 3.11. The average molecular weight is 414 g/mol. The van der Waals surface area contributed by atoms with Gasteiger partial charge < -0.3 is 10.1 Å². The molecule has 2 heterocycles. The van der Waals surface area contributed by atoms with Gasteiger partial charge in [0.15, 0.2) is 0 Å². The highest BCUT2D eigenvalue weighted by molar-refractivity contribution is 7.09. The van der Waals surface area contributed by atoms with Gasteiger partial charge in [0.05, 0.1) is 28.3 Å². The van der Waals surface area contributed by atoms with E-state index in [0.29, 0.717) is 28.7 Å². The van der Waals surface area contributed by atoms with Crippen LogP contribution in [-0.2, 0) is 11.2 Å². The number of carbonyl (C=O) groups is 1. The lowest BCUT2D eigenvalue weighted by atomic mass is 10.2. The summed E-state index contributed by atoms with van der Waals surface area (Å²) in [4.78, 5) is 19.0. The maximum absolute atomic E-state index is 12.2. The second-order valence-corrected chi connectivity index (χ2v) is 7.87. The maximum atomic E-state index is 12.2. The van der Waals surface area contributed by atoms with E-state index in [9.17, 15) is 4.79 Å². The van der Waals surface area contributed by atoms with E-state index in [0.717, 1.165) is 49.8 Å². The number of hydrogen-bond acceptors (Lipinski definition) is 5. The van der Waals surface area contributed by atoms with E-state index in [-0.39, 0.29) is 5.91 Å². The van der Waals surface area contributed by atoms with Crippen molar-refractivity contribution in [1.82, 2.24) is 15.2 Å². The molecular weight excluding hydrogens is 393 g/mol. The Bertz CT molecular complexity index is 748. The Balaban J connectivity index is 1.44. The first-order valence-corrected chi connectivity index (χ1v) is 10.2. The number of halogens is 2. The van der Waals surface area contributed by atoms with Gasteiger partial charge in [0.1, 0.15) is 5.69 Å². The topological polar surface area (TPSA) is 54.5 Å². The fourth-order valence-corrected chi connectivity index (χ4v) is 3.87. The number of aromatic nitrogens is 1. The zero-order chi connectivity index (χ0) is 18.4. The molecule has 0 saturated carbocycles. The smallest absolute Gasteiger partial charge is 0.270 e. The molecule has 1 amide bonds. The van der Waals surface area contributed by atoms with Crippen LogP contribution in [0.4, 0.5) is 0 Å². The molecule has 1 N–H and O–H groups in total. The number of nitrogens with one attached hydrogen (secondary N) is 1. The van der Waals surface area contributed by atoms with Crippen molar-refractivity contribution < 1.29 is 9.53 Å². The Kier molecular flexibility index (Phi) is 7.28. The molecule has 2 aromatic rings. The molecule has 26 heavy (non-hydrogen) atoms. The molecular formula is C18H21Cl2N3O2S. The van der Waals surface area contributed by atoms with Gasteiger partial charge >= 0.3 is 0 Å². The van der Waals surface area contributed by atoms with E-state index in [1.54, 1.807) is 11.4 Å². The van der Waals surface area contributed by atoms with E-state index in [2.05, 4.69) is 15.2 Å². The third kappa shape index (κ3) is 5.66. The third-order valence-corrected chi connectivity index (χ3v) is 5.75. The van der Waals surface area contributed by atoms with Crippen molar-refractivity contribution in [2.75, 3.05) is 39.4 Å². The summed E-state index contributed by atoms with van der Waals surface area (Å²) in [6.07, 6.45) is 1.55. The molecule has 8 heteroatoms. The molecule has 1 aromatic heterocycles. The number of rotatable bonds is 7. The minimum Gasteiger partial charge on any atom is -0.379 e. The van der Waals surface area contributed by atoms with Crippen LogP contribution in [0.15, 0.2) is 23.6 Å². The van der Waals surface area contributed by atoms with E-state index >= 15 is 0 Å². The molecule has 0 spiro atoms. The third-order valence-electron chi connectivity index (χ3n) is 4.16. The molecule has 0 bridgehead atoms. The number of nitrogens with zero attached hydrogens (tertiary/aromatic N) is 2. The van der Waals surface area contributed by atoms with Gasteiger partial charge in [0, 0.05) is 31.4 Å². The van der Waals surface area contributed by atoms with Crippen LogP contribution in [0.5, 0.6) is 0 Å². The molecule has 5 nitrogen and oxygen atoms in total. The first kappa shape index (κ1) is 19.6. The summed E-state index contributed by atoms with van der Waals surface area (Å²) < 4.78 is 5.33. The molecule has 3 rings (SSSR count). The van der Waals surface area contributed by atoms with Crippen LogP contribution in [0, 0.1) is 0 Å². The predicted octanol–water partition coefficient (Wildman–Crippen LogP) is 3.49. The highest BCUT2D eigenvalue weighted by Gasteiger charge is 2.12. The van der Waals surface area contributed by atoms with E-state index < -0.39 is 0 Å². The molecule has 0 unspecified atom stereocenters. The molecule has 1 saturated heterocycles. The van der Waals surface area contributed by atoms with Crippen LogP contribution in [-0.4, -0.2) is 55.2 Å². The summed E-state index contributed by atoms with van der Waals surface area (Å²) >= 11 is 13.4. The largest absolute Gasteiger partial charge is 0.379 e. The van der Waals surface area contributed by atoms with E-state index in [4.69, 9.17) is 27.9 Å². The Hall–Kier alpha value is -1.18. The second kappa shape index (κ2) is 9.67. The van der Waals surface area contributed by atoms with Gasteiger partial charge in [0.2, 0.25) is 0 Å². The normalized spacial score (nSPS) is 15.2. The van der Waals surface area contributed by atoms with Gasteiger partial charge in [-0.1, -0.05) is 29.3 Å². The lowest BCUT2D eigenvalue weighted by Gasteiger charge is -2.26. The van der Waals surface area contributed by atoms with Crippen molar-refractivity contribution in [3.63, 3.8) is 0 Å². The summed E-state index contributed by atoms with van der Waals surface area (Å²) in [7, 11) is 0. The number of morpholine rings is 1. The van der Waals surface area contributed by atoms with Gasteiger partial charge in [-0.15, -0.1) is 11.3 Å². The lowest BCUT2D eigenvalue weighted by molar-refractivity contribution is 0.0374. The first-order chi connectivity index (χ1) is 12.6. The maximum Gasteiger partial charge on any atom is 0.270 e. The molecule has 140 valence electrons. The quantitative estimate of drug-likeness (QED) is 0.705. The Morgan fingerprint density at radius 1 is 1.27 bits per heavy atom. The summed E-state index contributed by atoms with van der Waals surface area (Å²) in [6.45, 7) is 5.16. The molecule has 1 aliphatic heterocycles. The van der Waals surface area contributed by atoms with Crippen LogP contribution < -0.4 is 5.32 Å². The highest BCUT2D eigenvalue weighted by Crippen LogP contribution is 2.24. The van der Waals surface area contributed by atoms with Crippen LogP contribution in [0.25, 0.3) is 0 Å². The molecule has 0 radical (unpaired) electrons. The van der Waals surface area contributed by atoms with Gasteiger partial charge in [-0.2, -0.15) is 0 Å². The monoisotopic (exact) mass is 413 g/mol. The lowest BCUT2D eigenvalue weighted by Crippen LogP contribution is -2.38. The molecule has 0 atom stereocenters. The van der Waals surface area contributed by atoms with E-state index in [1.165, 1.54) is 11.3 Å². The zero-order valence-electron chi connectivity index (χ0n) is 14.3. The van der Waals surface area contributed by atoms with Crippen LogP contribution >= 0.6 is 34.5 Å². The van der Waals surface area contributed by atoms with Crippen molar-refractivity contribution in [3.8, 4) is 0 Å². The van der Waals surface area contributed by atoms with Crippen molar-refractivity contribution in [2.45, 2.75) is 12.8 Å². The van der Waals surface area contributed by atoms with Crippen molar-refractivity contribution in [3.05, 3.63) is 49.9 Å². The fourth-order valence-electron chi connectivity index (χ4n) is 2.74. The molecule has 1 fully saturated rings. The number of hydrogen-bond donors (Lipinski definition) is 1. The molecule has 0 aliphatic carbocycles. The summed E-state index contributed by atoms with van der Waals surface area (Å²) in [6, 6.07) is 5.52. The summed E-state index contributed by atoms with van der Waals surface area (Å²) in [5.41, 5.74) is 1.49. The second-order valence-electron chi connectivity index (χ2n) is 6.12. The van der Waals surface area contributed by atoms with E-state index in [1.807, 2.05) is 12.1 Å². The number of carbonyl (C=O) groups excluding carboxylic acids is 1. The number of benzene rings is 1. The van der Waals surface area contributed by atoms with Gasteiger partial charge in [-0.3, -0.25) is 9.69 Å². The fraction of sp³-hybridized carbons (Fsp3) is 0.444.